The first-order valence-corrected chi connectivity index (χ1v) is 4.73. The van der Waals surface area contributed by atoms with E-state index in [1.807, 2.05) is 0 Å². The van der Waals surface area contributed by atoms with Gasteiger partial charge in [0, 0.05) is 33.0 Å². The van der Waals surface area contributed by atoms with Crippen molar-refractivity contribution in [2.45, 2.75) is 31.5 Å². The fourth-order valence-electron chi connectivity index (χ4n) is 2.90. The normalized spacial score (nSPS) is 29.4. The molecule has 0 aromatic heterocycles. The maximum absolute atomic E-state index is 10.5. The quantitative estimate of drug-likeness (QED) is 0.491. The van der Waals surface area contributed by atoms with E-state index in [9.17, 15) is 4.79 Å². The number of hydrogen-bond donors (Lipinski definition) is 0. The van der Waals surface area contributed by atoms with Crippen molar-refractivity contribution in [3.63, 3.8) is 0 Å². The van der Waals surface area contributed by atoms with Gasteiger partial charge in [0.05, 0.1) is 0 Å². The van der Waals surface area contributed by atoms with Crippen molar-refractivity contribution < 1.29 is 14.3 Å². The number of ether oxygens (including phenoxy) is 2. The number of methoxy groups -OCH3 is 2. The topological polar surface area (TPSA) is 35.5 Å². The first-order valence-electron chi connectivity index (χ1n) is 4.73. The molecule has 0 bridgehead atoms. The number of hydrogen-bond acceptors (Lipinski definition) is 3. The second kappa shape index (κ2) is 2.79. The van der Waals surface area contributed by atoms with E-state index in [1.54, 1.807) is 14.2 Å². The van der Waals surface area contributed by atoms with Gasteiger partial charge in [-0.15, -0.1) is 0 Å². The Balaban J connectivity index is 1.87. The van der Waals surface area contributed by atoms with Crippen molar-refractivity contribution in [3.8, 4) is 0 Å². The Hall–Kier alpha value is -0.410. The molecule has 0 heterocycles. The molecule has 2 aliphatic rings. The van der Waals surface area contributed by atoms with Crippen LogP contribution in [-0.4, -0.2) is 26.3 Å². The molecule has 2 aliphatic carbocycles. The molecule has 2 fully saturated rings. The maximum Gasteiger partial charge on any atom is 0.168 e. The van der Waals surface area contributed by atoms with E-state index < -0.39 is 0 Å². The highest BCUT2D eigenvalue weighted by atomic mass is 16.7. The highest BCUT2D eigenvalue weighted by Crippen LogP contribution is 2.63. The monoisotopic (exact) mass is 184 g/mol. The number of aldehydes is 1. The lowest BCUT2D eigenvalue weighted by Crippen LogP contribution is -2.59. The van der Waals surface area contributed by atoms with Crippen molar-refractivity contribution in [1.29, 1.82) is 0 Å². The smallest absolute Gasteiger partial charge is 0.168 e. The minimum absolute atomic E-state index is 0.298. The summed E-state index contributed by atoms with van der Waals surface area (Å²) in [6, 6.07) is 0. The minimum atomic E-state index is -0.339. The average Bonchev–Trinajstić information content (AvgIpc) is 2.02. The molecule has 2 saturated carbocycles. The average molecular weight is 184 g/mol. The van der Waals surface area contributed by atoms with Crippen molar-refractivity contribution in [3.05, 3.63) is 0 Å². The zero-order valence-corrected chi connectivity index (χ0v) is 8.21. The first kappa shape index (κ1) is 9.16. The summed E-state index contributed by atoms with van der Waals surface area (Å²) in [5.74, 6) is -0.0415. The van der Waals surface area contributed by atoms with Crippen LogP contribution in [0.3, 0.4) is 0 Å². The molecule has 1 spiro atoms. The second-order valence-electron chi connectivity index (χ2n) is 4.48. The molecule has 3 heteroatoms. The van der Waals surface area contributed by atoms with Crippen LogP contribution in [0.4, 0.5) is 0 Å². The van der Waals surface area contributed by atoms with Gasteiger partial charge >= 0.3 is 0 Å². The van der Waals surface area contributed by atoms with Gasteiger partial charge in [0.15, 0.2) is 5.79 Å². The Morgan fingerprint density at radius 3 is 2.15 bits per heavy atom. The molecule has 0 aromatic rings. The summed E-state index contributed by atoms with van der Waals surface area (Å²) >= 11 is 0. The fourth-order valence-corrected chi connectivity index (χ4v) is 2.90. The second-order valence-corrected chi connectivity index (χ2v) is 4.48. The summed E-state index contributed by atoms with van der Waals surface area (Å²) in [5, 5.41) is 0. The predicted molar refractivity (Wildman–Crippen MR) is 47.2 cm³/mol. The predicted octanol–water partition coefficient (Wildman–Crippen LogP) is 1.36. The molecule has 0 radical (unpaired) electrons. The molecule has 0 saturated heterocycles. The van der Waals surface area contributed by atoms with Crippen LogP contribution in [0.2, 0.25) is 0 Å². The molecule has 0 aliphatic heterocycles. The molecule has 0 aromatic carbocycles. The Bertz CT molecular complexity index is 204. The van der Waals surface area contributed by atoms with Crippen LogP contribution in [0.5, 0.6) is 0 Å². The Labute approximate surface area is 78.4 Å². The van der Waals surface area contributed by atoms with Gasteiger partial charge in [-0.1, -0.05) is 0 Å². The van der Waals surface area contributed by atoms with Gasteiger partial charge in [-0.25, -0.2) is 0 Å². The largest absolute Gasteiger partial charge is 0.353 e. The zero-order chi connectivity index (χ0) is 9.53. The lowest BCUT2D eigenvalue weighted by atomic mass is 9.49. The van der Waals surface area contributed by atoms with E-state index in [-0.39, 0.29) is 5.79 Å². The summed E-state index contributed by atoms with van der Waals surface area (Å²) < 4.78 is 10.6. The van der Waals surface area contributed by atoms with Crippen LogP contribution < -0.4 is 0 Å². The van der Waals surface area contributed by atoms with Crippen LogP contribution in [0.25, 0.3) is 0 Å². The van der Waals surface area contributed by atoms with Crippen LogP contribution in [-0.2, 0) is 14.3 Å². The van der Waals surface area contributed by atoms with E-state index in [0.29, 0.717) is 11.3 Å². The molecule has 74 valence electrons. The molecular formula is C10H16O3. The lowest BCUT2D eigenvalue weighted by Gasteiger charge is -2.60. The minimum Gasteiger partial charge on any atom is -0.353 e. The van der Waals surface area contributed by atoms with E-state index in [4.69, 9.17) is 9.47 Å². The van der Waals surface area contributed by atoms with Gasteiger partial charge < -0.3 is 14.3 Å². The summed E-state index contributed by atoms with van der Waals surface area (Å²) in [6.45, 7) is 0. The molecule has 3 nitrogen and oxygen atoms in total. The third-order valence-electron chi connectivity index (χ3n) is 3.62. The summed E-state index contributed by atoms with van der Waals surface area (Å²) in [4.78, 5) is 10.5. The van der Waals surface area contributed by atoms with Crippen LogP contribution in [0.15, 0.2) is 0 Å². The maximum atomic E-state index is 10.5. The van der Waals surface area contributed by atoms with Crippen LogP contribution in [0, 0.1) is 11.3 Å². The van der Waals surface area contributed by atoms with Gasteiger partial charge in [-0.2, -0.15) is 0 Å². The zero-order valence-electron chi connectivity index (χ0n) is 8.21. The number of rotatable bonds is 3. The Kier molecular flexibility index (Phi) is 1.96. The first-order chi connectivity index (χ1) is 6.17. The Morgan fingerprint density at radius 2 is 1.77 bits per heavy atom. The van der Waals surface area contributed by atoms with Gasteiger partial charge in [-0.05, 0) is 18.3 Å². The summed E-state index contributed by atoms with van der Waals surface area (Å²) in [5.41, 5.74) is 0.373. The molecule has 2 rings (SSSR count). The fraction of sp³-hybridized carbons (Fsp3) is 0.900. The Morgan fingerprint density at radius 1 is 1.23 bits per heavy atom. The molecule has 0 amide bonds. The van der Waals surface area contributed by atoms with Gasteiger partial charge in [-0.3, -0.25) is 0 Å². The highest BCUT2D eigenvalue weighted by molar-refractivity contribution is 5.56. The van der Waals surface area contributed by atoms with E-state index in [0.717, 1.165) is 32.0 Å². The lowest BCUT2D eigenvalue weighted by molar-refractivity contribution is -0.315. The molecule has 0 N–H and O–H groups in total. The van der Waals surface area contributed by atoms with Gasteiger partial charge in [0.25, 0.3) is 0 Å². The van der Waals surface area contributed by atoms with Crippen molar-refractivity contribution in [2.24, 2.45) is 11.3 Å². The van der Waals surface area contributed by atoms with Gasteiger partial charge in [0.1, 0.15) is 6.29 Å². The molecular weight excluding hydrogens is 168 g/mol. The third kappa shape index (κ3) is 1.22. The third-order valence-corrected chi connectivity index (χ3v) is 3.62. The molecule has 0 unspecified atom stereocenters. The molecule has 13 heavy (non-hydrogen) atoms. The van der Waals surface area contributed by atoms with Crippen LogP contribution in [0.1, 0.15) is 25.7 Å². The number of carbonyl (C=O) groups is 1. The molecule has 0 atom stereocenters. The van der Waals surface area contributed by atoms with E-state index in [2.05, 4.69) is 0 Å². The van der Waals surface area contributed by atoms with E-state index in [1.165, 1.54) is 0 Å². The van der Waals surface area contributed by atoms with Crippen LogP contribution >= 0.6 is 0 Å². The van der Waals surface area contributed by atoms with Crippen molar-refractivity contribution in [2.75, 3.05) is 14.2 Å². The van der Waals surface area contributed by atoms with E-state index >= 15 is 0 Å². The number of carbonyl (C=O) groups excluding carboxylic acids is 1. The van der Waals surface area contributed by atoms with Crippen molar-refractivity contribution >= 4 is 6.29 Å². The SMILES string of the molecule is COC1(OC)CC2(CC(C=O)C2)C1. The summed E-state index contributed by atoms with van der Waals surface area (Å²) in [7, 11) is 3.37. The van der Waals surface area contributed by atoms with Crippen molar-refractivity contribution in [1.82, 2.24) is 0 Å². The summed E-state index contributed by atoms with van der Waals surface area (Å²) in [6.07, 6.45) is 5.05. The standard InChI is InChI=1S/C10H16O3/c1-12-10(13-2)6-9(7-10)3-8(4-9)5-11/h5,8H,3-4,6-7H2,1-2H3. The van der Waals surface area contributed by atoms with Gasteiger partial charge in [0.2, 0.25) is 0 Å². The highest BCUT2D eigenvalue weighted by Gasteiger charge is 2.61.